The van der Waals surface area contributed by atoms with Gasteiger partial charge in [-0.05, 0) is 24.6 Å². The Morgan fingerprint density at radius 3 is 2.62 bits per heavy atom. The number of hydrogen-bond donors (Lipinski definition) is 1. The zero-order valence-corrected chi connectivity index (χ0v) is 9.85. The standard InChI is InChI=1S/C12H13FN2S/c1-9-12(16-8-15-9)7-14-6-10-2-4-11(13)5-3-10/h2-5,8,14H,6-7H2,1H3. The van der Waals surface area contributed by atoms with E-state index in [1.165, 1.54) is 17.0 Å². The molecule has 0 fully saturated rings. The minimum atomic E-state index is -0.193. The van der Waals surface area contributed by atoms with Gasteiger partial charge in [-0.15, -0.1) is 11.3 Å². The lowest BCUT2D eigenvalue weighted by Crippen LogP contribution is -2.12. The maximum Gasteiger partial charge on any atom is 0.123 e. The predicted molar refractivity (Wildman–Crippen MR) is 63.8 cm³/mol. The molecule has 0 aliphatic heterocycles. The molecular formula is C12H13FN2S. The molecule has 0 amide bonds. The topological polar surface area (TPSA) is 24.9 Å². The third kappa shape index (κ3) is 2.87. The Hall–Kier alpha value is -1.26. The summed E-state index contributed by atoms with van der Waals surface area (Å²) >= 11 is 1.65. The van der Waals surface area contributed by atoms with Gasteiger partial charge in [-0.2, -0.15) is 0 Å². The van der Waals surface area contributed by atoms with E-state index in [-0.39, 0.29) is 5.82 Å². The molecule has 2 rings (SSSR count). The van der Waals surface area contributed by atoms with Gasteiger partial charge in [-0.1, -0.05) is 12.1 Å². The second-order valence-corrected chi connectivity index (χ2v) is 4.53. The lowest BCUT2D eigenvalue weighted by atomic mass is 10.2. The third-order valence-corrected chi connectivity index (χ3v) is 3.31. The molecule has 0 bridgehead atoms. The Balaban J connectivity index is 1.84. The summed E-state index contributed by atoms with van der Waals surface area (Å²) in [4.78, 5) is 5.43. The molecule has 4 heteroatoms. The van der Waals surface area contributed by atoms with Crippen LogP contribution in [0.5, 0.6) is 0 Å². The minimum absolute atomic E-state index is 0.193. The van der Waals surface area contributed by atoms with Gasteiger partial charge in [0.2, 0.25) is 0 Å². The summed E-state index contributed by atoms with van der Waals surface area (Å²) in [6.45, 7) is 3.57. The van der Waals surface area contributed by atoms with Gasteiger partial charge in [0.25, 0.3) is 0 Å². The van der Waals surface area contributed by atoms with Gasteiger partial charge in [0.15, 0.2) is 0 Å². The quantitative estimate of drug-likeness (QED) is 0.883. The molecule has 0 aliphatic rings. The third-order valence-electron chi connectivity index (χ3n) is 2.37. The molecule has 1 heterocycles. The molecule has 16 heavy (non-hydrogen) atoms. The van der Waals surface area contributed by atoms with Crippen LogP contribution in [0.1, 0.15) is 16.1 Å². The van der Waals surface area contributed by atoms with Crippen LogP contribution in [-0.2, 0) is 13.1 Å². The van der Waals surface area contributed by atoms with Crippen molar-refractivity contribution in [2.75, 3.05) is 0 Å². The Morgan fingerprint density at radius 1 is 1.25 bits per heavy atom. The van der Waals surface area contributed by atoms with Crippen LogP contribution in [-0.4, -0.2) is 4.98 Å². The van der Waals surface area contributed by atoms with E-state index in [1.807, 2.05) is 12.4 Å². The molecule has 2 nitrogen and oxygen atoms in total. The first-order valence-corrected chi connectivity index (χ1v) is 5.98. The zero-order chi connectivity index (χ0) is 11.4. The van der Waals surface area contributed by atoms with Crippen molar-refractivity contribution in [3.8, 4) is 0 Å². The number of halogens is 1. The van der Waals surface area contributed by atoms with Gasteiger partial charge in [-0.25, -0.2) is 9.37 Å². The lowest BCUT2D eigenvalue weighted by molar-refractivity contribution is 0.625. The second kappa shape index (κ2) is 5.18. The predicted octanol–water partition coefficient (Wildman–Crippen LogP) is 2.88. The monoisotopic (exact) mass is 236 g/mol. The fourth-order valence-electron chi connectivity index (χ4n) is 1.42. The van der Waals surface area contributed by atoms with E-state index in [2.05, 4.69) is 10.3 Å². The fourth-order valence-corrected chi connectivity index (χ4v) is 2.17. The number of rotatable bonds is 4. The maximum absolute atomic E-state index is 12.7. The summed E-state index contributed by atoms with van der Waals surface area (Å²) in [7, 11) is 0. The highest BCUT2D eigenvalue weighted by atomic mass is 32.1. The average Bonchev–Trinajstić information content (AvgIpc) is 2.68. The van der Waals surface area contributed by atoms with Crippen LogP contribution in [0.25, 0.3) is 0 Å². The van der Waals surface area contributed by atoms with Gasteiger partial charge in [0.05, 0.1) is 11.2 Å². The van der Waals surface area contributed by atoms with Crippen LogP contribution in [0.15, 0.2) is 29.8 Å². The summed E-state index contributed by atoms with van der Waals surface area (Å²) < 4.78 is 12.7. The van der Waals surface area contributed by atoms with E-state index in [1.54, 1.807) is 23.5 Å². The van der Waals surface area contributed by atoms with Gasteiger partial charge < -0.3 is 5.32 Å². The Kier molecular flexibility index (Phi) is 3.64. The summed E-state index contributed by atoms with van der Waals surface area (Å²) in [5.74, 6) is -0.193. The first-order valence-electron chi connectivity index (χ1n) is 5.10. The summed E-state index contributed by atoms with van der Waals surface area (Å²) in [6, 6.07) is 6.55. The number of aromatic nitrogens is 1. The molecule has 2 aromatic rings. The molecule has 0 spiro atoms. The summed E-state index contributed by atoms with van der Waals surface area (Å²) in [5, 5.41) is 3.31. The average molecular weight is 236 g/mol. The van der Waals surface area contributed by atoms with Crippen molar-refractivity contribution in [3.05, 3.63) is 51.7 Å². The molecule has 0 atom stereocenters. The smallest absolute Gasteiger partial charge is 0.123 e. The molecule has 0 saturated carbocycles. The highest BCUT2D eigenvalue weighted by Crippen LogP contribution is 2.11. The van der Waals surface area contributed by atoms with Gasteiger partial charge in [0, 0.05) is 18.0 Å². The van der Waals surface area contributed by atoms with Crippen LogP contribution < -0.4 is 5.32 Å². The Morgan fingerprint density at radius 2 is 2.00 bits per heavy atom. The number of benzene rings is 1. The van der Waals surface area contributed by atoms with Crippen LogP contribution in [0.4, 0.5) is 4.39 Å². The summed E-state index contributed by atoms with van der Waals surface area (Å²) in [5.41, 5.74) is 4.02. The fraction of sp³-hybridized carbons (Fsp3) is 0.250. The molecule has 84 valence electrons. The van der Waals surface area contributed by atoms with Crippen molar-refractivity contribution in [2.45, 2.75) is 20.0 Å². The van der Waals surface area contributed by atoms with E-state index < -0.39 is 0 Å². The lowest BCUT2D eigenvalue weighted by Gasteiger charge is -2.03. The van der Waals surface area contributed by atoms with E-state index in [4.69, 9.17) is 0 Å². The van der Waals surface area contributed by atoms with Gasteiger partial charge >= 0.3 is 0 Å². The molecule has 0 saturated heterocycles. The van der Waals surface area contributed by atoms with Crippen molar-refractivity contribution in [3.63, 3.8) is 0 Å². The second-order valence-electron chi connectivity index (χ2n) is 3.59. The van der Waals surface area contributed by atoms with Crippen LogP contribution in [0.2, 0.25) is 0 Å². The van der Waals surface area contributed by atoms with Crippen molar-refractivity contribution < 1.29 is 4.39 Å². The number of nitrogens with zero attached hydrogens (tertiary/aromatic N) is 1. The first kappa shape index (κ1) is 11.2. The highest BCUT2D eigenvalue weighted by Gasteiger charge is 2.00. The zero-order valence-electron chi connectivity index (χ0n) is 9.03. The Labute approximate surface area is 98.2 Å². The number of hydrogen-bond acceptors (Lipinski definition) is 3. The summed E-state index contributed by atoms with van der Waals surface area (Å²) in [6.07, 6.45) is 0. The maximum atomic E-state index is 12.7. The molecular weight excluding hydrogens is 223 g/mol. The van der Waals surface area contributed by atoms with Gasteiger partial charge in [-0.3, -0.25) is 0 Å². The minimum Gasteiger partial charge on any atom is -0.308 e. The molecule has 0 unspecified atom stereocenters. The van der Waals surface area contributed by atoms with Crippen LogP contribution >= 0.6 is 11.3 Å². The normalized spacial score (nSPS) is 10.6. The molecule has 0 radical (unpaired) electrons. The van der Waals surface area contributed by atoms with Gasteiger partial charge in [0.1, 0.15) is 5.82 Å². The molecule has 0 aliphatic carbocycles. The van der Waals surface area contributed by atoms with E-state index >= 15 is 0 Å². The van der Waals surface area contributed by atoms with E-state index in [9.17, 15) is 4.39 Å². The first-order chi connectivity index (χ1) is 7.75. The SMILES string of the molecule is Cc1ncsc1CNCc1ccc(F)cc1. The number of aryl methyl sites for hydroxylation is 1. The van der Waals surface area contributed by atoms with Crippen LogP contribution in [0.3, 0.4) is 0 Å². The van der Waals surface area contributed by atoms with E-state index in [0.29, 0.717) is 0 Å². The molecule has 1 N–H and O–H groups in total. The highest BCUT2D eigenvalue weighted by molar-refractivity contribution is 7.09. The number of thiazole rings is 1. The number of nitrogens with one attached hydrogen (secondary N) is 1. The van der Waals surface area contributed by atoms with Crippen molar-refractivity contribution in [1.29, 1.82) is 0 Å². The largest absolute Gasteiger partial charge is 0.308 e. The van der Waals surface area contributed by atoms with E-state index in [0.717, 1.165) is 24.3 Å². The molecule has 1 aromatic carbocycles. The van der Waals surface area contributed by atoms with Crippen LogP contribution in [0, 0.1) is 12.7 Å². The molecule has 1 aromatic heterocycles. The van der Waals surface area contributed by atoms with Crippen molar-refractivity contribution >= 4 is 11.3 Å². The van der Waals surface area contributed by atoms with Crippen molar-refractivity contribution in [1.82, 2.24) is 10.3 Å². The Bertz CT molecular complexity index is 450. The van der Waals surface area contributed by atoms with Crippen molar-refractivity contribution in [2.24, 2.45) is 0 Å².